The molecular formula is C25H19ClN2O2S. The van der Waals surface area contributed by atoms with Crippen LogP contribution >= 0.6 is 23.8 Å². The molecule has 4 rings (SSSR count). The van der Waals surface area contributed by atoms with Crippen molar-refractivity contribution < 1.29 is 9.53 Å². The molecule has 154 valence electrons. The molecule has 31 heavy (non-hydrogen) atoms. The van der Waals surface area contributed by atoms with E-state index in [9.17, 15) is 4.79 Å². The van der Waals surface area contributed by atoms with Gasteiger partial charge in [-0.05, 0) is 77.6 Å². The van der Waals surface area contributed by atoms with Gasteiger partial charge in [-0.1, -0.05) is 48.0 Å². The summed E-state index contributed by atoms with van der Waals surface area (Å²) in [5, 5.41) is 5.98. The average molecular weight is 447 g/mol. The van der Waals surface area contributed by atoms with E-state index >= 15 is 0 Å². The summed E-state index contributed by atoms with van der Waals surface area (Å²) in [4.78, 5) is 14.2. The van der Waals surface area contributed by atoms with E-state index in [1.807, 2.05) is 30.1 Å². The number of rotatable bonds is 4. The summed E-state index contributed by atoms with van der Waals surface area (Å²) < 4.78 is 5.82. The number of nitrogens with one attached hydrogen (secondary N) is 1. The van der Waals surface area contributed by atoms with Crippen LogP contribution in [0.4, 0.5) is 11.4 Å². The summed E-state index contributed by atoms with van der Waals surface area (Å²) in [6, 6.07) is 28.1. The lowest BCUT2D eigenvalue weighted by Crippen LogP contribution is -2.29. The summed E-state index contributed by atoms with van der Waals surface area (Å²) in [5.74, 6) is 0.321. The number of hydrogen-bond acceptors (Lipinski definition) is 3. The van der Waals surface area contributed by atoms with Crippen molar-refractivity contribution in [2.75, 3.05) is 17.3 Å². The number of halogens is 1. The fourth-order valence-corrected chi connectivity index (χ4v) is 3.50. The van der Waals surface area contributed by atoms with E-state index in [0.29, 0.717) is 27.2 Å². The first-order chi connectivity index (χ1) is 15.0. The topological polar surface area (TPSA) is 41.6 Å². The summed E-state index contributed by atoms with van der Waals surface area (Å²) in [6.45, 7) is 0. The van der Waals surface area contributed by atoms with Gasteiger partial charge < -0.3 is 15.0 Å². The Morgan fingerprint density at radius 2 is 1.65 bits per heavy atom. The van der Waals surface area contributed by atoms with Crippen LogP contribution in [0.1, 0.15) is 10.4 Å². The van der Waals surface area contributed by atoms with Gasteiger partial charge in [-0.15, -0.1) is 0 Å². The Hall–Kier alpha value is -3.41. The normalized spacial score (nSPS) is 10.5. The zero-order valence-electron chi connectivity index (χ0n) is 16.7. The molecule has 0 heterocycles. The molecular weight excluding hydrogens is 428 g/mol. The molecule has 0 atom stereocenters. The van der Waals surface area contributed by atoms with Crippen molar-refractivity contribution in [3.8, 4) is 5.75 Å². The number of hydrogen-bond donors (Lipinski definition) is 1. The van der Waals surface area contributed by atoms with E-state index in [1.54, 1.807) is 48.5 Å². The van der Waals surface area contributed by atoms with E-state index in [4.69, 9.17) is 28.6 Å². The van der Waals surface area contributed by atoms with Crippen LogP contribution in [-0.4, -0.2) is 18.1 Å². The molecule has 0 aliphatic rings. The summed E-state index contributed by atoms with van der Waals surface area (Å²) in [7, 11) is 1.86. The molecule has 0 unspecified atom stereocenters. The van der Waals surface area contributed by atoms with Crippen molar-refractivity contribution in [1.82, 2.24) is 0 Å². The van der Waals surface area contributed by atoms with E-state index < -0.39 is 0 Å². The molecule has 0 saturated carbocycles. The maximum Gasteiger partial charge on any atom is 0.269 e. The van der Waals surface area contributed by atoms with Crippen molar-refractivity contribution in [2.24, 2.45) is 0 Å². The van der Waals surface area contributed by atoms with Gasteiger partial charge in [-0.3, -0.25) is 4.79 Å². The first-order valence-electron chi connectivity index (χ1n) is 9.61. The van der Waals surface area contributed by atoms with Crippen molar-refractivity contribution in [3.63, 3.8) is 0 Å². The molecule has 0 bridgehead atoms. The first-order valence-corrected chi connectivity index (χ1v) is 10.4. The maximum atomic E-state index is 12.4. The molecule has 0 fully saturated rings. The van der Waals surface area contributed by atoms with E-state index in [0.717, 1.165) is 16.5 Å². The van der Waals surface area contributed by atoms with Crippen LogP contribution in [-0.2, 0) is 0 Å². The summed E-state index contributed by atoms with van der Waals surface area (Å²) in [6.07, 6.45) is 0. The lowest BCUT2D eigenvalue weighted by Gasteiger charge is -2.20. The van der Waals surface area contributed by atoms with Gasteiger partial charge >= 0.3 is 0 Å². The van der Waals surface area contributed by atoms with Gasteiger partial charge in [0, 0.05) is 29.0 Å². The minimum atomic E-state index is -0.232. The zero-order valence-corrected chi connectivity index (χ0v) is 18.3. The van der Waals surface area contributed by atoms with Gasteiger partial charge in [0.15, 0.2) is 0 Å². The van der Waals surface area contributed by atoms with Crippen molar-refractivity contribution in [3.05, 3.63) is 102 Å². The van der Waals surface area contributed by atoms with Crippen LogP contribution in [0.5, 0.6) is 5.75 Å². The number of carbonyl (C=O) groups is 1. The SMILES string of the molecule is CN(C(=S)Oc1ccc(C(=O)Nc2cccc(Cl)c2)cc1)c1ccc2ccccc2c1. The Bertz CT molecular complexity index is 1260. The predicted molar refractivity (Wildman–Crippen MR) is 131 cm³/mol. The Morgan fingerprint density at radius 3 is 2.39 bits per heavy atom. The molecule has 4 nitrogen and oxygen atoms in total. The molecule has 0 aliphatic heterocycles. The lowest BCUT2D eigenvalue weighted by atomic mass is 10.1. The number of anilines is 2. The van der Waals surface area contributed by atoms with Gasteiger partial charge in [0.05, 0.1) is 0 Å². The number of benzene rings is 4. The lowest BCUT2D eigenvalue weighted by molar-refractivity contribution is 0.102. The molecule has 4 aromatic rings. The van der Waals surface area contributed by atoms with Crippen LogP contribution < -0.4 is 15.0 Å². The molecule has 0 aliphatic carbocycles. The average Bonchev–Trinajstić information content (AvgIpc) is 2.78. The fraction of sp³-hybridized carbons (Fsp3) is 0.0400. The van der Waals surface area contributed by atoms with Crippen molar-refractivity contribution in [2.45, 2.75) is 0 Å². The van der Waals surface area contributed by atoms with Gasteiger partial charge in [-0.25, -0.2) is 0 Å². The molecule has 1 amide bonds. The fourth-order valence-electron chi connectivity index (χ4n) is 3.10. The third-order valence-electron chi connectivity index (χ3n) is 4.80. The van der Waals surface area contributed by atoms with E-state index in [-0.39, 0.29) is 5.91 Å². The number of carbonyl (C=O) groups excluding carboxylic acids is 1. The minimum absolute atomic E-state index is 0.232. The predicted octanol–water partition coefficient (Wildman–Crippen LogP) is 6.55. The van der Waals surface area contributed by atoms with E-state index in [2.05, 4.69) is 29.6 Å². The second kappa shape index (κ2) is 9.16. The number of nitrogens with zero attached hydrogens (tertiary/aromatic N) is 1. The molecule has 4 aromatic carbocycles. The van der Waals surface area contributed by atoms with Crippen LogP contribution in [0.15, 0.2) is 91.0 Å². The molecule has 0 spiro atoms. The molecule has 0 aromatic heterocycles. The minimum Gasteiger partial charge on any atom is -0.432 e. The molecule has 6 heteroatoms. The van der Waals surface area contributed by atoms with Crippen LogP contribution in [0.25, 0.3) is 10.8 Å². The highest BCUT2D eigenvalue weighted by Gasteiger charge is 2.11. The monoisotopic (exact) mass is 446 g/mol. The number of ether oxygens (including phenoxy) is 1. The Balaban J connectivity index is 1.41. The van der Waals surface area contributed by atoms with Crippen molar-refractivity contribution in [1.29, 1.82) is 0 Å². The van der Waals surface area contributed by atoms with Gasteiger partial charge in [-0.2, -0.15) is 0 Å². The quantitative estimate of drug-likeness (QED) is 0.361. The summed E-state index contributed by atoms with van der Waals surface area (Å²) in [5.41, 5.74) is 2.07. The third kappa shape index (κ3) is 5.02. The maximum absolute atomic E-state index is 12.4. The standard InChI is InChI=1S/C25H19ClN2O2S/c1-28(22-12-9-17-5-2-3-6-19(17)15-22)25(31)30-23-13-10-18(11-14-23)24(29)27-21-8-4-7-20(26)16-21/h2-16H,1H3,(H,27,29). The first kappa shape index (κ1) is 20.8. The zero-order chi connectivity index (χ0) is 21.8. The van der Waals surface area contributed by atoms with Gasteiger partial charge in [0.25, 0.3) is 11.1 Å². The van der Waals surface area contributed by atoms with Crippen LogP contribution in [0.2, 0.25) is 5.02 Å². The smallest absolute Gasteiger partial charge is 0.269 e. The van der Waals surface area contributed by atoms with Crippen LogP contribution in [0.3, 0.4) is 0 Å². The second-order valence-electron chi connectivity index (χ2n) is 6.95. The molecule has 0 saturated heterocycles. The second-order valence-corrected chi connectivity index (χ2v) is 7.73. The summed E-state index contributed by atoms with van der Waals surface area (Å²) >= 11 is 11.4. The largest absolute Gasteiger partial charge is 0.432 e. The Kier molecular flexibility index (Phi) is 6.16. The van der Waals surface area contributed by atoms with Crippen LogP contribution in [0, 0.1) is 0 Å². The highest BCUT2D eigenvalue weighted by Crippen LogP contribution is 2.23. The number of fused-ring (bicyclic) bond motifs is 1. The Labute approximate surface area is 191 Å². The van der Waals surface area contributed by atoms with Crippen molar-refractivity contribution >= 4 is 57.0 Å². The van der Waals surface area contributed by atoms with Gasteiger partial charge in [0.2, 0.25) is 0 Å². The number of amides is 1. The van der Waals surface area contributed by atoms with E-state index in [1.165, 1.54) is 0 Å². The highest BCUT2D eigenvalue weighted by molar-refractivity contribution is 7.80. The number of thiocarbonyl (C=S) groups is 1. The Morgan fingerprint density at radius 1 is 0.903 bits per heavy atom. The molecule has 0 radical (unpaired) electrons. The third-order valence-corrected chi connectivity index (χ3v) is 5.39. The highest BCUT2D eigenvalue weighted by atomic mass is 35.5. The van der Waals surface area contributed by atoms with Gasteiger partial charge in [0.1, 0.15) is 5.75 Å². The molecule has 1 N–H and O–H groups in total.